The molecule has 0 radical (unpaired) electrons. The topological polar surface area (TPSA) is 77.8 Å². The zero-order valence-electron chi connectivity index (χ0n) is 9.65. The smallest absolute Gasteiger partial charge is 0.167 e. The summed E-state index contributed by atoms with van der Waals surface area (Å²) in [5.74, 6) is 3.74. The number of fused-ring (bicyclic) bond motifs is 1. The molecule has 2 aromatic heterocycles. The maximum atomic E-state index is 5.96. The molecule has 3 rings (SSSR count). The van der Waals surface area contributed by atoms with E-state index in [4.69, 9.17) is 10.3 Å². The van der Waals surface area contributed by atoms with E-state index in [9.17, 15) is 0 Å². The Hall–Kier alpha value is -1.56. The van der Waals surface area contributed by atoms with Crippen molar-refractivity contribution < 1.29 is 4.52 Å². The number of thioether (sulfide) groups is 1. The molecule has 0 saturated heterocycles. The van der Waals surface area contributed by atoms with E-state index in [1.165, 1.54) is 0 Å². The molecule has 0 unspecified atom stereocenters. The third-order valence-corrected chi connectivity index (χ3v) is 3.84. The highest BCUT2D eigenvalue weighted by Crippen LogP contribution is 2.34. The number of aryl methyl sites for hydroxylation is 2. The van der Waals surface area contributed by atoms with Gasteiger partial charge in [0.2, 0.25) is 0 Å². The van der Waals surface area contributed by atoms with Crippen molar-refractivity contribution in [3.8, 4) is 11.4 Å². The Labute approximate surface area is 103 Å². The summed E-state index contributed by atoms with van der Waals surface area (Å²) >= 11 is 1.81. The third-order valence-electron chi connectivity index (χ3n) is 2.87. The van der Waals surface area contributed by atoms with Gasteiger partial charge in [0.1, 0.15) is 11.6 Å². The summed E-state index contributed by atoms with van der Waals surface area (Å²) in [7, 11) is 0. The first-order valence-corrected chi connectivity index (χ1v) is 6.48. The third kappa shape index (κ3) is 1.59. The van der Waals surface area contributed by atoms with E-state index < -0.39 is 0 Å². The quantitative estimate of drug-likeness (QED) is 0.832. The van der Waals surface area contributed by atoms with Crippen LogP contribution in [0.3, 0.4) is 0 Å². The Morgan fingerprint density at radius 2 is 2.06 bits per heavy atom. The van der Waals surface area contributed by atoms with Crippen LogP contribution < -0.4 is 5.73 Å². The van der Waals surface area contributed by atoms with Crippen LogP contribution >= 0.6 is 11.8 Å². The van der Waals surface area contributed by atoms with Crippen LogP contribution in [0.25, 0.3) is 11.4 Å². The average molecular weight is 248 g/mol. The summed E-state index contributed by atoms with van der Waals surface area (Å²) in [5, 5.41) is 3.91. The molecule has 1 aliphatic rings. The molecule has 0 fully saturated rings. The van der Waals surface area contributed by atoms with Crippen molar-refractivity contribution >= 4 is 17.6 Å². The molecule has 1 aliphatic heterocycles. The summed E-state index contributed by atoms with van der Waals surface area (Å²) < 4.78 is 5.13. The summed E-state index contributed by atoms with van der Waals surface area (Å²) in [5.41, 5.74) is 9.73. The van der Waals surface area contributed by atoms with Gasteiger partial charge in [-0.1, -0.05) is 5.16 Å². The lowest BCUT2D eigenvalue weighted by Gasteiger charge is -2.05. The van der Waals surface area contributed by atoms with E-state index in [2.05, 4.69) is 15.1 Å². The number of hydrogen-bond acceptors (Lipinski definition) is 6. The van der Waals surface area contributed by atoms with E-state index in [-0.39, 0.29) is 0 Å². The molecule has 5 nitrogen and oxygen atoms in total. The molecule has 6 heteroatoms. The van der Waals surface area contributed by atoms with Gasteiger partial charge in [0.05, 0.1) is 17.0 Å². The second-order valence-corrected chi connectivity index (χ2v) is 5.04. The number of hydrogen-bond donors (Lipinski definition) is 1. The highest BCUT2D eigenvalue weighted by molar-refractivity contribution is 7.98. The molecule has 3 heterocycles. The van der Waals surface area contributed by atoms with Gasteiger partial charge in [0.25, 0.3) is 0 Å². The second-order valence-electron chi connectivity index (χ2n) is 4.05. The molecule has 0 spiro atoms. The Balaban J connectivity index is 2.20. The highest BCUT2D eigenvalue weighted by atomic mass is 32.2. The minimum atomic E-state index is 0.579. The molecule has 0 aliphatic carbocycles. The number of rotatable bonds is 1. The normalized spacial score (nSPS) is 14.0. The van der Waals surface area contributed by atoms with E-state index in [0.717, 1.165) is 39.8 Å². The first-order valence-electron chi connectivity index (χ1n) is 5.33. The SMILES string of the molecule is Cc1noc(C)c1-c1nc(N)c2c(n1)CSC2. The van der Waals surface area contributed by atoms with Gasteiger partial charge in [0, 0.05) is 17.1 Å². The molecular weight excluding hydrogens is 236 g/mol. The fraction of sp³-hybridized carbons (Fsp3) is 0.364. The van der Waals surface area contributed by atoms with Crippen molar-refractivity contribution in [3.63, 3.8) is 0 Å². The zero-order valence-corrected chi connectivity index (χ0v) is 10.5. The fourth-order valence-corrected chi connectivity index (χ4v) is 3.04. The van der Waals surface area contributed by atoms with E-state index in [1.54, 1.807) is 0 Å². The number of nitrogens with zero attached hydrogens (tertiary/aromatic N) is 3. The first-order chi connectivity index (χ1) is 8.16. The molecular formula is C11H12N4OS. The molecule has 2 aromatic rings. The van der Waals surface area contributed by atoms with E-state index in [0.29, 0.717) is 11.6 Å². The molecule has 2 N–H and O–H groups in total. The Bertz CT molecular complexity index is 574. The van der Waals surface area contributed by atoms with Gasteiger partial charge < -0.3 is 10.3 Å². The summed E-state index contributed by atoms with van der Waals surface area (Å²) in [4.78, 5) is 8.93. The number of aromatic nitrogens is 3. The van der Waals surface area contributed by atoms with Crippen LogP contribution in [0.15, 0.2) is 4.52 Å². The Morgan fingerprint density at radius 3 is 2.76 bits per heavy atom. The number of nitrogen functional groups attached to an aromatic ring is 1. The van der Waals surface area contributed by atoms with Crippen molar-refractivity contribution in [1.29, 1.82) is 0 Å². The first kappa shape index (κ1) is 10.6. The van der Waals surface area contributed by atoms with E-state index >= 15 is 0 Å². The molecule has 88 valence electrons. The van der Waals surface area contributed by atoms with Gasteiger partial charge in [-0.25, -0.2) is 9.97 Å². The molecule has 0 atom stereocenters. The van der Waals surface area contributed by atoms with Gasteiger partial charge in [-0.2, -0.15) is 11.8 Å². The number of anilines is 1. The number of nitrogens with two attached hydrogens (primary N) is 1. The molecule has 0 bridgehead atoms. The lowest BCUT2D eigenvalue weighted by atomic mass is 10.1. The maximum absolute atomic E-state index is 5.96. The predicted octanol–water partition coefficient (Wildman–Crippen LogP) is 2.08. The molecule has 0 aromatic carbocycles. The fourth-order valence-electron chi connectivity index (χ4n) is 1.99. The lowest BCUT2D eigenvalue weighted by Crippen LogP contribution is -2.03. The molecule has 0 saturated carbocycles. The van der Waals surface area contributed by atoms with Crippen molar-refractivity contribution in [1.82, 2.24) is 15.1 Å². The van der Waals surface area contributed by atoms with Crippen LogP contribution in [-0.2, 0) is 11.5 Å². The van der Waals surface area contributed by atoms with E-state index in [1.807, 2.05) is 25.6 Å². The van der Waals surface area contributed by atoms with Gasteiger partial charge in [-0.3, -0.25) is 0 Å². The van der Waals surface area contributed by atoms with Crippen LogP contribution in [0.2, 0.25) is 0 Å². The van der Waals surface area contributed by atoms with Gasteiger partial charge in [0.15, 0.2) is 5.82 Å². The largest absolute Gasteiger partial charge is 0.383 e. The zero-order chi connectivity index (χ0) is 12.0. The minimum absolute atomic E-state index is 0.579. The van der Waals surface area contributed by atoms with Crippen molar-refractivity contribution in [2.24, 2.45) is 0 Å². The highest BCUT2D eigenvalue weighted by Gasteiger charge is 2.21. The van der Waals surface area contributed by atoms with Gasteiger partial charge in [-0.05, 0) is 13.8 Å². The summed E-state index contributed by atoms with van der Waals surface area (Å²) in [6, 6.07) is 0. The van der Waals surface area contributed by atoms with Gasteiger partial charge in [-0.15, -0.1) is 0 Å². The molecule has 17 heavy (non-hydrogen) atoms. The van der Waals surface area contributed by atoms with Crippen molar-refractivity contribution in [2.75, 3.05) is 5.73 Å². The average Bonchev–Trinajstić information content (AvgIpc) is 2.86. The Morgan fingerprint density at radius 1 is 1.24 bits per heavy atom. The summed E-state index contributed by atoms with van der Waals surface area (Å²) in [6.07, 6.45) is 0. The molecule has 0 amide bonds. The maximum Gasteiger partial charge on any atom is 0.167 e. The minimum Gasteiger partial charge on any atom is -0.383 e. The lowest BCUT2D eigenvalue weighted by molar-refractivity contribution is 0.393. The van der Waals surface area contributed by atoms with Crippen LogP contribution in [0.4, 0.5) is 5.82 Å². The van der Waals surface area contributed by atoms with Crippen molar-refractivity contribution in [3.05, 3.63) is 22.7 Å². The van der Waals surface area contributed by atoms with Crippen LogP contribution in [-0.4, -0.2) is 15.1 Å². The summed E-state index contributed by atoms with van der Waals surface area (Å²) in [6.45, 7) is 3.74. The monoisotopic (exact) mass is 248 g/mol. The predicted molar refractivity (Wildman–Crippen MR) is 66.4 cm³/mol. The van der Waals surface area contributed by atoms with Crippen LogP contribution in [0.1, 0.15) is 22.7 Å². The van der Waals surface area contributed by atoms with Crippen molar-refractivity contribution in [2.45, 2.75) is 25.4 Å². The van der Waals surface area contributed by atoms with Crippen LogP contribution in [0, 0.1) is 13.8 Å². The Kier molecular flexibility index (Phi) is 2.32. The van der Waals surface area contributed by atoms with Crippen LogP contribution in [0.5, 0.6) is 0 Å². The van der Waals surface area contributed by atoms with Gasteiger partial charge >= 0.3 is 0 Å². The second kappa shape index (κ2) is 3.73. The standard InChI is InChI=1S/C11H12N4OS/c1-5-9(6(2)16-15-5)11-13-8-4-17-3-7(8)10(12)14-11/h3-4H2,1-2H3,(H2,12,13,14).